The van der Waals surface area contributed by atoms with E-state index in [1.807, 2.05) is 0 Å². The Hall–Kier alpha value is -1.17. The van der Waals surface area contributed by atoms with Gasteiger partial charge in [0.25, 0.3) is 0 Å². The summed E-state index contributed by atoms with van der Waals surface area (Å²) in [7, 11) is 0. The number of carbonyl (C=O) groups excluding carboxylic acids is 2. The zero-order chi connectivity index (χ0) is 10.4. The highest BCUT2D eigenvalue weighted by Crippen LogP contribution is 2.32. The third-order valence-corrected chi connectivity index (χ3v) is 3.69. The Labute approximate surface area is 90.6 Å². The minimum atomic E-state index is -0.656. The Morgan fingerprint density at radius 1 is 1.40 bits per heavy atom. The fourth-order valence-electron chi connectivity index (χ4n) is 2.10. The number of fused-ring (bicyclic) bond motifs is 2. The average Bonchev–Trinajstić information content (AvgIpc) is 2.61. The molecule has 0 bridgehead atoms. The first-order valence-electron chi connectivity index (χ1n) is 4.91. The van der Waals surface area contributed by atoms with Crippen molar-refractivity contribution in [1.82, 2.24) is 4.72 Å². The molecule has 0 saturated carbocycles. The molecule has 6 heteroatoms. The highest BCUT2D eigenvalue weighted by atomic mass is 32.2. The second kappa shape index (κ2) is 3.16. The van der Waals surface area contributed by atoms with Crippen molar-refractivity contribution < 1.29 is 9.59 Å². The van der Waals surface area contributed by atoms with E-state index in [1.165, 1.54) is 0 Å². The SMILES string of the molecule is O=C1NSC2=NC3=NCCCC3C(=O)C12. The highest BCUT2D eigenvalue weighted by molar-refractivity contribution is 8.13. The predicted molar refractivity (Wildman–Crippen MR) is 56.7 cm³/mol. The lowest BCUT2D eigenvalue weighted by molar-refractivity contribution is -0.131. The second-order valence-corrected chi connectivity index (χ2v) is 4.62. The lowest BCUT2D eigenvalue weighted by atomic mass is 9.85. The third kappa shape index (κ3) is 1.24. The first-order chi connectivity index (χ1) is 7.27. The predicted octanol–water partition coefficient (Wildman–Crippen LogP) is 0.170. The average molecular weight is 223 g/mol. The fourth-order valence-corrected chi connectivity index (χ4v) is 2.90. The number of rotatable bonds is 0. The van der Waals surface area contributed by atoms with Gasteiger partial charge >= 0.3 is 0 Å². The van der Waals surface area contributed by atoms with Crippen LogP contribution in [0.1, 0.15) is 12.8 Å². The summed E-state index contributed by atoms with van der Waals surface area (Å²) in [6.07, 6.45) is 1.69. The van der Waals surface area contributed by atoms with Crippen LogP contribution in [0.3, 0.4) is 0 Å². The van der Waals surface area contributed by atoms with Crippen molar-refractivity contribution in [2.45, 2.75) is 12.8 Å². The van der Waals surface area contributed by atoms with Gasteiger partial charge in [0.2, 0.25) is 5.91 Å². The van der Waals surface area contributed by atoms with Gasteiger partial charge in [-0.05, 0) is 12.8 Å². The van der Waals surface area contributed by atoms with Gasteiger partial charge in [0.05, 0.1) is 5.92 Å². The minimum Gasteiger partial charge on any atom is -0.298 e. The molecule has 1 amide bonds. The van der Waals surface area contributed by atoms with Crippen LogP contribution in [-0.2, 0) is 9.59 Å². The summed E-state index contributed by atoms with van der Waals surface area (Å²) in [5.41, 5.74) is 0. The van der Waals surface area contributed by atoms with Gasteiger partial charge in [-0.15, -0.1) is 0 Å². The van der Waals surface area contributed by atoms with Gasteiger partial charge in [-0.2, -0.15) is 0 Å². The smallest absolute Gasteiger partial charge is 0.247 e. The van der Waals surface area contributed by atoms with Gasteiger partial charge in [0.1, 0.15) is 16.8 Å². The Balaban J connectivity index is 2.07. The molecule has 1 saturated heterocycles. The van der Waals surface area contributed by atoms with Crippen molar-refractivity contribution >= 4 is 34.5 Å². The molecular weight excluding hydrogens is 214 g/mol. The van der Waals surface area contributed by atoms with E-state index in [4.69, 9.17) is 0 Å². The maximum absolute atomic E-state index is 12.0. The number of ketones is 1. The van der Waals surface area contributed by atoms with Crippen LogP contribution in [0.15, 0.2) is 9.98 Å². The summed E-state index contributed by atoms with van der Waals surface area (Å²) in [6.45, 7) is 0.743. The Kier molecular flexibility index (Phi) is 1.92. The maximum atomic E-state index is 12.0. The number of carbonyl (C=O) groups is 2. The van der Waals surface area contributed by atoms with Gasteiger partial charge < -0.3 is 0 Å². The van der Waals surface area contributed by atoms with Gasteiger partial charge in [0.15, 0.2) is 5.78 Å². The van der Waals surface area contributed by atoms with Crippen LogP contribution >= 0.6 is 11.9 Å². The van der Waals surface area contributed by atoms with Crippen LogP contribution in [0.5, 0.6) is 0 Å². The Morgan fingerprint density at radius 3 is 3.13 bits per heavy atom. The molecule has 78 valence electrons. The quantitative estimate of drug-likeness (QED) is 0.470. The molecule has 5 nitrogen and oxygen atoms in total. The van der Waals surface area contributed by atoms with Crippen LogP contribution in [0, 0.1) is 11.8 Å². The van der Waals surface area contributed by atoms with Crippen LogP contribution in [0.25, 0.3) is 0 Å². The highest BCUT2D eigenvalue weighted by Gasteiger charge is 2.46. The van der Waals surface area contributed by atoms with Gasteiger partial charge in [-0.3, -0.25) is 19.3 Å². The van der Waals surface area contributed by atoms with Crippen molar-refractivity contribution in [2.75, 3.05) is 6.54 Å². The number of nitrogens with zero attached hydrogens (tertiary/aromatic N) is 2. The lowest BCUT2D eigenvalue weighted by Gasteiger charge is -2.25. The summed E-state index contributed by atoms with van der Waals surface area (Å²) in [5.74, 6) is -0.523. The molecule has 3 rings (SSSR count). The van der Waals surface area contributed by atoms with Crippen molar-refractivity contribution in [3.8, 4) is 0 Å². The van der Waals surface area contributed by atoms with E-state index in [0.29, 0.717) is 10.9 Å². The van der Waals surface area contributed by atoms with Crippen LogP contribution < -0.4 is 4.72 Å². The lowest BCUT2D eigenvalue weighted by Crippen LogP contribution is -2.41. The number of hydrogen-bond acceptors (Lipinski definition) is 5. The second-order valence-electron chi connectivity index (χ2n) is 3.79. The summed E-state index contributed by atoms with van der Waals surface area (Å²) < 4.78 is 2.57. The molecule has 3 heterocycles. The van der Waals surface area contributed by atoms with Crippen LogP contribution in [0.4, 0.5) is 0 Å². The van der Waals surface area contributed by atoms with Crippen molar-refractivity contribution in [3.63, 3.8) is 0 Å². The van der Waals surface area contributed by atoms with Crippen molar-refractivity contribution in [1.29, 1.82) is 0 Å². The molecule has 3 aliphatic rings. The summed E-state index contributed by atoms with van der Waals surface area (Å²) in [5, 5.41) is 0.571. The zero-order valence-electron chi connectivity index (χ0n) is 7.90. The van der Waals surface area contributed by atoms with E-state index in [-0.39, 0.29) is 17.6 Å². The summed E-state index contributed by atoms with van der Waals surface area (Å²) in [6, 6.07) is 0. The van der Waals surface area contributed by atoms with Gasteiger partial charge in [-0.25, -0.2) is 4.99 Å². The first-order valence-corrected chi connectivity index (χ1v) is 5.72. The largest absolute Gasteiger partial charge is 0.298 e. The number of amidine groups is 1. The number of amides is 1. The van der Waals surface area contributed by atoms with E-state index < -0.39 is 5.92 Å². The monoisotopic (exact) mass is 223 g/mol. The molecule has 1 fully saturated rings. The summed E-state index contributed by atoms with van der Waals surface area (Å²) in [4.78, 5) is 32.0. The normalized spacial score (nSPS) is 33.9. The third-order valence-electron chi connectivity index (χ3n) is 2.85. The fraction of sp³-hybridized carbons (Fsp3) is 0.556. The van der Waals surface area contributed by atoms with E-state index >= 15 is 0 Å². The van der Waals surface area contributed by atoms with Gasteiger partial charge in [-0.1, -0.05) is 0 Å². The molecule has 15 heavy (non-hydrogen) atoms. The van der Waals surface area contributed by atoms with Crippen molar-refractivity contribution in [2.24, 2.45) is 21.8 Å². The topological polar surface area (TPSA) is 70.9 Å². The zero-order valence-corrected chi connectivity index (χ0v) is 8.71. The van der Waals surface area contributed by atoms with E-state index in [0.717, 1.165) is 31.3 Å². The molecule has 2 unspecified atom stereocenters. The first kappa shape index (κ1) is 9.08. The standard InChI is InChI=1S/C9H9N3O2S/c13-6-4-2-1-3-10-7(4)11-9-5(6)8(14)12-15-9/h4-5H,1-3H2,(H,12,14). The number of aliphatic imine (C=N–C) groups is 2. The number of hydrogen-bond donors (Lipinski definition) is 1. The molecule has 2 atom stereocenters. The van der Waals surface area contributed by atoms with Gasteiger partial charge in [0, 0.05) is 18.5 Å². The van der Waals surface area contributed by atoms with Crippen LogP contribution in [0.2, 0.25) is 0 Å². The van der Waals surface area contributed by atoms with Crippen molar-refractivity contribution in [3.05, 3.63) is 0 Å². The van der Waals surface area contributed by atoms with E-state index in [2.05, 4.69) is 14.7 Å². The molecule has 0 aromatic heterocycles. The Morgan fingerprint density at radius 2 is 2.27 bits per heavy atom. The molecule has 0 radical (unpaired) electrons. The number of nitrogens with one attached hydrogen (secondary N) is 1. The molecule has 0 spiro atoms. The van der Waals surface area contributed by atoms with E-state index in [1.54, 1.807) is 0 Å². The molecule has 3 aliphatic heterocycles. The molecular formula is C9H9N3O2S. The van der Waals surface area contributed by atoms with Crippen LogP contribution in [-0.4, -0.2) is 29.1 Å². The van der Waals surface area contributed by atoms with E-state index in [9.17, 15) is 9.59 Å². The summed E-state index contributed by atoms with van der Waals surface area (Å²) >= 11 is 1.14. The maximum Gasteiger partial charge on any atom is 0.247 e. The molecule has 0 aromatic rings. The Bertz CT molecular complexity index is 416. The molecule has 0 aliphatic carbocycles. The molecule has 1 N–H and O–H groups in total. The molecule has 0 aromatic carbocycles. The minimum absolute atomic E-state index is 0.0269. The number of Topliss-reactive ketones (excluding diaryl/α,β-unsaturated/α-hetero) is 1.